The van der Waals surface area contributed by atoms with Crippen molar-refractivity contribution in [3.8, 4) is 0 Å². The van der Waals surface area contributed by atoms with Crippen molar-refractivity contribution in [3.05, 3.63) is 23.8 Å². The Hall–Kier alpha value is -1.18. The molecular weight excluding hydrogens is 184 g/mol. The van der Waals surface area contributed by atoms with E-state index in [1.807, 2.05) is 0 Å². The van der Waals surface area contributed by atoms with Gasteiger partial charge in [0.25, 0.3) is 0 Å². The van der Waals surface area contributed by atoms with E-state index in [2.05, 4.69) is 42.7 Å². The molecule has 0 aromatic heterocycles. The van der Waals surface area contributed by atoms with Gasteiger partial charge >= 0.3 is 0 Å². The van der Waals surface area contributed by atoms with Crippen LogP contribution in [0.5, 0.6) is 0 Å². The van der Waals surface area contributed by atoms with Crippen LogP contribution in [0.1, 0.15) is 31.7 Å². The minimum atomic E-state index is 0.597. The van der Waals surface area contributed by atoms with Gasteiger partial charge in [-0.2, -0.15) is 0 Å². The molecule has 2 heteroatoms. The minimum absolute atomic E-state index is 0.597. The second-order valence-corrected chi connectivity index (χ2v) is 4.41. The number of hydrogen-bond acceptors (Lipinski definition) is 2. The summed E-state index contributed by atoms with van der Waals surface area (Å²) < 4.78 is 0. The molecule has 15 heavy (non-hydrogen) atoms. The van der Waals surface area contributed by atoms with Gasteiger partial charge in [0.2, 0.25) is 0 Å². The van der Waals surface area contributed by atoms with Gasteiger partial charge in [-0.05, 0) is 31.0 Å². The summed E-state index contributed by atoms with van der Waals surface area (Å²) >= 11 is 0. The van der Waals surface area contributed by atoms with Gasteiger partial charge in [0.1, 0.15) is 0 Å². The predicted molar refractivity (Wildman–Crippen MR) is 66.6 cm³/mol. The van der Waals surface area contributed by atoms with Crippen LogP contribution in [-0.2, 0) is 0 Å². The quantitative estimate of drug-likeness (QED) is 0.788. The molecule has 1 atom stereocenters. The molecule has 0 radical (unpaired) electrons. The fraction of sp³-hybridized carbons (Fsp3) is 0.538. The lowest BCUT2D eigenvalue weighted by atomic mass is 10.1. The summed E-state index contributed by atoms with van der Waals surface area (Å²) in [5.74, 6) is 0. The average molecular weight is 204 g/mol. The summed E-state index contributed by atoms with van der Waals surface area (Å²) in [6.07, 6.45) is 3.84. The van der Waals surface area contributed by atoms with E-state index in [1.54, 1.807) is 0 Å². The molecule has 1 aliphatic heterocycles. The summed E-state index contributed by atoms with van der Waals surface area (Å²) in [7, 11) is 0. The van der Waals surface area contributed by atoms with Crippen LogP contribution in [-0.4, -0.2) is 12.6 Å². The monoisotopic (exact) mass is 204 g/mol. The van der Waals surface area contributed by atoms with E-state index < -0.39 is 0 Å². The predicted octanol–water partition coefficient (Wildman–Crippen LogP) is 3.39. The largest absolute Gasteiger partial charge is 0.381 e. The number of benzene rings is 1. The first kappa shape index (κ1) is 10.3. The maximum absolute atomic E-state index is 3.60. The van der Waals surface area contributed by atoms with Crippen LogP contribution < -0.4 is 10.6 Å². The third-order valence-corrected chi connectivity index (χ3v) is 2.98. The fourth-order valence-electron chi connectivity index (χ4n) is 2.06. The highest BCUT2D eigenvalue weighted by Gasteiger charge is 2.15. The number of anilines is 2. The van der Waals surface area contributed by atoms with E-state index in [9.17, 15) is 0 Å². The Balaban J connectivity index is 2.03. The summed E-state index contributed by atoms with van der Waals surface area (Å²) in [4.78, 5) is 0. The first-order valence-electron chi connectivity index (χ1n) is 5.90. The van der Waals surface area contributed by atoms with Gasteiger partial charge < -0.3 is 10.6 Å². The summed E-state index contributed by atoms with van der Waals surface area (Å²) in [5.41, 5.74) is 3.82. The first-order valence-corrected chi connectivity index (χ1v) is 5.90. The molecule has 0 amide bonds. The fourth-order valence-corrected chi connectivity index (χ4v) is 2.06. The zero-order chi connectivity index (χ0) is 10.7. The number of fused-ring (bicyclic) bond motifs is 1. The molecular formula is C13H20N2. The highest BCUT2D eigenvalue weighted by Crippen LogP contribution is 2.27. The number of unbranched alkanes of at least 4 members (excludes halogenated alkanes) is 1. The molecule has 1 heterocycles. The zero-order valence-corrected chi connectivity index (χ0v) is 9.64. The number of rotatable bonds is 3. The Bertz CT molecular complexity index is 333. The van der Waals surface area contributed by atoms with Gasteiger partial charge in [0, 0.05) is 12.6 Å². The Kier molecular flexibility index (Phi) is 3.14. The van der Waals surface area contributed by atoms with Gasteiger partial charge in [-0.3, -0.25) is 0 Å². The van der Waals surface area contributed by atoms with Crippen LogP contribution in [0.4, 0.5) is 11.4 Å². The summed E-state index contributed by atoms with van der Waals surface area (Å²) in [6.45, 7) is 5.43. The van der Waals surface area contributed by atoms with Crippen molar-refractivity contribution in [2.24, 2.45) is 0 Å². The van der Waals surface area contributed by atoms with Crippen LogP contribution in [0, 0.1) is 6.92 Å². The molecule has 2 rings (SSSR count). The molecule has 82 valence electrons. The van der Waals surface area contributed by atoms with Crippen LogP contribution >= 0.6 is 0 Å². The van der Waals surface area contributed by atoms with Crippen LogP contribution in [0.3, 0.4) is 0 Å². The Morgan fingerprint density at radius 2 is 2.20 bits per heavy atom. The molecule has 1 aromatic rings. The second-order valence-electron chi connectivity index (χ2n) is 4.41. The third kappa shape index (κ3) is 2.44. The molecule has 0 fully saturated rings. The molecule has 0 bridgehead atoms. The molecule has 2 N–H and O–H groups in total. The third-order valence-electron chi connectivity index (χ3n) is 2.98. The first-order chi connectivity index (χ1) is 7.29. The van der Waals surface area contributed by atoms with Gasteiger partial charge in [-0.25, -0.2) is 0 Å². The molecule has 0 aliphatic carbocycles. The zero-order valence-electron chi connectivity index (χ0n) is 9.64. The van der Waals surface area contributed by atoms with Crippen molar-refractivity contribution in [2.75, 3.05) is 17.2 Å². The maximum atomic E-state index is 3.60. The highest BCUT2D eigenvalue weighted by molar-refractivity contribution is 5.72. The lowest BCUT2D eigenvalue weighted by Crippen LogP contribution is -2.32. The normalized spacial score (nSPS) is 18.9. The number of nitrogens with one attached hydrogen (secondary N) is 2. The van der Waals surface area contributed by atoms with E-state index in [-0.39, 0.29) is 0 Å². The van der Waals surface area contributed by atoms with Gasteiger partial charge in [0.15, 0.2) is 0 Å². The SMILES string of the molecule is CCCCC1CNc2cc(C)ccc2N1. The molecule has 0 saturated carbocycles. The van der Waals surface area contributed by atoms with Crippen LogP contribution in [0.15, 0.2) is 18.2 Å². The average Bonchev–Trinajstić information content (AvgIpc) is 2.26. The van der Waals surface area contributed by atoms with Crippen molar-refractivity contribution in [2.45, 2.75) is 39.2 Å². The van der Waals surface area contributed by atoms with Crippen LogP contribution in [0.25, 0.3) is 0 Å². The summed E-state index contributed by atoms with van der Waals surface area (Å²) in [6, 6.07) is 7.14. The minimum Gasteiger partial charge on any atom is -0.381 e. The van der Waals surface area contributed by atoms with Crippen molar-refractivity contribution < 1.29 is 0 Å². The van der Waals surface area contributed by atoms with Crippen molar-refractivity contribution >= 4 is 11.4 Å². The van der Waals surface area contributed by atoms with Gasteiger partial charge in [-0.1, -0.05) is 25.8 Å². The van der Waals surface area contributed by atoms with Crippen molar-refractivity contribution in [1.29, 1.82) is 0 Å². The lowest BCUT2D eigenvalue weighted by molar-refractivity contribution is 0.619. The molecule has 0 saturated heterocycles. The standard InChI is InChI=1S/C13H20N2/c1-3-4-5-11-9-14-13-8-10(2)6-7-12(13)15-11/h6-8,11,14-15H,3-5,9H2,1-2H3. The second kappa shape index (κ2) is 4.56. The molecule has 0 spiro atoms. The topological polar surface area (TPSA) is 24.1 Å². The molecule has 1 aliphatic rings. The van der Waals surface area contributed by atoms with Crippen molar-refractivity contribution in [3.63, 3.8) is 0 Å². The van der Waals surface area contributed by atoms with E-state index in [4.69, 9.17) is 0 Å². The number of aryl methyl sites for hydroxylation is 1. The van der Waals surface area contributed by atoms with Crippen molar-refractivity contribution in [1.82, 2.24) is 0 Å². The van der Waals surface area contributed by atoms with E-state index >= 15 is 0 Å². The smallest absolute Gasteiger partial charge is 0.0579 e. The van der Waals surface area contributed by atoms with Gasteiger partial charge in [0.05, 0.1) is 11.4 Å². The Morgan fingerprint density at radius 1 is 1.33 bits per heavy atom. The lowest BCUT2D eigenvalue weighted by Gasteiger charge is -2.28. The van der Waals surface area contributed by atoms with E-state index in [0.29, 0.717) is 6.04 Å². The Morgan fingerprint density at radius 3 is 3.00 bits per heavy atom. The van der Waals surface area contributed by atoms with E-state index in [1.165, 1.54) is 36.2 Å². The Labute approximate surface area is 92.1 Å². The van der Waals surface area contributed by atoms with Gasteiger partial charge in [-0.15, -0.1) is 0 Å². The van der Waals surface area contributed by atoms with Crippen LogP contribution in [0.2, 0.25) is 0 Å². The molecule has 1 aromatic carbocycles. The highest BCUT2D eigenvalue weighted by atomic mass is 15.1. The maximum Gasteiger partial charge on any atom is 0.0579 e. The molecule has 2 nitrogen and oxygen atoms in total. The number of hydrogen-bond donors (Lipinski definition) is 2. The molecule has 1 unspecified atom stereocenters. The summed E-state index contributed by atoms with van der Waals surface area (Å²) in [5, 5.41) is 7.10. The van der Waals surface area contributed by atoms with E-state index in [0.717, 1.165) is 6.54 Å².